The maximum atomic E-state index is 11.3. The summed E-state index contributed by atoms with van der Waals surface area (Å²) in [5, 5.41) is 0. The third kappa shape index (κ3) is 6.86. The molecule has 0 atom stereocenters. The Morgan fingerprint density at radius 3 is 1.21 bits per heavy atom. The Bertz CT molecular complexity index is 939. The Hall–Kier alpha value is -1.12. The molecule has 2 N–H and O–H groups in total. The van der Waals surface area contributed by atoms with E-state index in [1.807, 2.05) is 26.8 Å². The summed E-state index contributed by atoms with van der Waals surface area (Å²) in [5.41, 5.74) is 11.1. The highest BCUT2D eigenvalue weighted by Gasteiger charge is 2.56. The summed E-state index contributed by atoms with van der Waals surface area (Å²) in [4.78, 5) is 11.3. The number of nitrogens with two attached hydrogens (primary N) is 1. The normalized spacial score (nSPS) is 24.9. The highest BCUT2D eigenvalue weighted by atomic mass is 16.1. The molecule has 3 fully saturated rings. The molecule has 1 aromatic rings. The topological polar surface area (TPSA) is 43.1 Å². The number of benzene rings is 1. The fourth-order valence-electron chi connectivity index (χ4n) is 7.85. The van der Waals surface area contributed by atoms with E-state index in [0.717, 1.165) is 18.8 Å². The SMILES string of the molecule is CC.CC1(C)CB(B2CC(C)(C)C(C)(C)C2)CC1(C)C.Cc1cc(B2CC(C)(C)C(C)(C)C2)ccc1C(N)=O. The number of hydrogen-bond donors (Lipinski definition) is 1. The Balaban J connectivity index is 0.000000258. The van der Waals surface area contributed by atoms with E-state index in [2.05, 4.69) is 95.2 Å². The molecule has 218 valence electrons. The molecule has 3 aliphatic rings. The summed E-state index contributed by atoms with van der Waals surface area (Å²) in [7, 11) is 0. The minimum absolute atomic E-state index is 0.337. The van der Waals surface area contributed by atoms with Crippen molar-refractivity contribution in [3.63, 3.8) is 0 Å². The first-order valence-corrected chi connectivity index (χ1v) is 15.9. The van der Waals surface area contributed by atoms with Crippen molar-refractivity contribution < 1.29 is 4.79 Å². The van der Waals surface area contributed by atoms with E-state index >= 15 is 0 Å². The second-order valence-corrected chi connectivity index (χ2v) is 17.2. The molecule has 0 aromatic heterocycles. The fourth-order valence-corrected chi connectivity index (χ4v) is 7.85. The Kier molecular flexibility index (Phi) is 9.86. The maximum absolute atomic E-state index is 11.3. The van der Waals surface area contributed by atoms with Gasteiger partial charge in [-0.2, -0.15) is 0 Å². The van der Waals surface area contributed by atoms with Gasteiger partial charge in [0, 0.05) is 5.56 Å². The number of amides is 1. The van der Waals surface area contributed by atoms with Gasteiger partial charge in [0.1, 0.15) is 13.2 Å². The number of hydrogen-bond acceptors (Lipinski definition) is 1. The van der Waals surface area contributed by atoms with Gasteiger partial charge in [0.2, 0.25) is 5.91 Å². The molecule has 5 heteroatoms. The molecule has 0 unspecified atom stereocenters. The molecule has 0 spiro atoms. The Labute approximate surface area is 245 Å². The lowest BCUT2D eigenvalue weighted by Gasteiger charge is -2.35. The van der Waals surface area contributed by atoms with Crippen LogP contribution in [0.25, 0.3) is 0 Å². The van der Waals surface area contributed by atoms with Crippen molar-refractivity contribution in [2.75, 3.05) is 0 Å². The highest BCUT2D eigenvalue weighted by Crippen LogP contribution is 2.59. The predicted molar refractivity (Wildman–Crippen MR) is 179 cm³/mol. The van der Waals surface area contributed by atoms with Crippen molar-refractivity contribution in [1.82, 2.24) is 0 Å². The molecule has 0 bridgehead atoms. The van der Waals surface area contributed by atoms with Crippen LogP contribution in [0.4, 0.5) is 0 Å². The van der Waals surface area contributed by atoms with Crippen LogP contribution in [0.2, 0.25) is 37.9 Å². The second kappa shape index (κ2) is 11.3. The van der Waals surface area contributed by atoms with Gasteiger partial charge in [-0.3, -0.25) is 4.79 Å². The zero-order valence-corrected chi connectivity index (χ0v) is 28.7. The van der Waals surface area contributed by atoms with Crippen molar-refractivity contribution >= 4 is 31.3 Å². The molecule has 2 nitrogen and oxygen atoms in total. The van der Waals surface area contributed by atoms with Gasteiger partial charge in [0.05, 0.1) is 0 Å². The molecule has 0 saturated carbocycles. The molecule has 1 amide bonds. The smallest absolute Gasteiger partial charge is 0.248 e. The van der Waals surface area contributed by atoms with Crippen LogP contribution >= 0.6 is 0 Å². The third-order valence-corrected chi connectivity index (χ3v) is 12.8. The summed E-state index contributed by atoms with van der Waals surface area (Å²) in [6, 6.07) is 6.10. The third-order valence-electron chi connectivity index (χ3n) is 12.8. The van der Waals surface area contributed by atoms with Crippen molar-refractivity contribution in [2.45, 2.75) is 142 Å². The summed E-state index contributed by atoms with van der Waals surface area (Å²) in [6.07, 6.45) is 8.17. The molecule has 3 aliphatic heterocycles. The van der Waals surface area contributed by atoms with E-state index in [0.29, 0.717) is 44.8 Å². The van der Waals surface area contributed by atoms with Crippen LogP contribution in [0.3, 0.4) is 0 Å². The molecule has 4 rings (SSSR count). The summed E-state index contributed by atoms with van der Waals surface area (Å²) in [5.74, 6) is -0.337. The van der Waals surface area contributed by atoms with Gasteiger partial charge in [-0.1, -0.05) is 152 Å². The van der Waals surface area contributed by atoms with Crippen LogP contribution in [0.15, 0.2) is 18.2 Å². The molecule has 39 heavy (non-hydrogen) atoms. The van der Waals surface area contributed by atoms with Crippen molar-refractivity contribution in [3.05, 3.63) is 29.3 Å². The highest BCUT2D eigenvalue weighted by molar-refractivity contribution is 7.23. The minimum Gasteiger partial charge on any atom is -0.366 e. The van der Waals surface area contributed by atoms with Crippen LogP contribution in [0, 0.1) is 39.4 Å². The lowest BCUT2D eigenvalue weighted by molar-refractivity contribution is 0.0999. The molecule has 1 aromatic carbocycles. The number of carbonyl (C=O) groups is 1. The van der Waals surface area contributed by atoms with Crippen LogP contribution in [-0.4, -0.2) is 25.8 Å². The lowest BCUT2D eigenvalue weighted by atomic mass is 9.06. The van der Waals surface area contributed by atoms with Gasteiger partial charge in [0.25, 0.3) is 0 Å². The van der Waals surface area contributed by atoms with Crippen molar-refractivity contribution in [1.29, 1.82) is 0 Å². The number of carbonyl (C=O) groups excluding carboxylic acids is 1. The zero-order chi connectivity index (χ0) is 30.4. The van der Waals surface area contributed by atoms with Crippen molar-refractivity contribution in [3.8, 4) is 0 Å². The van der Waals surface area contributed by atoms with E-state index in [9.17, 15) is 4.79 Å². The minimum atomic E-state index is -0.337. The van der Waals surface area contributed by atoms with Gasteiger partial charge in [-0.15, -0.1) is 0 Å². The monoisotopic (exact) mass is 534 g/mol. The first-order chi connectivity index (χ1) is 17.5. The lowest BCUT2D eigenvalue weighted by Crippen LogP contribution is -2.32. The predicted octanol–water partition coefficient (Wildman–Crippen LogP) is 9.07. The molecular formula is C34H62B3NO. The van der Waals surface area contributed by atoms with E-state index in [-0.39, 0.29) is 5.91 Å². The van der Waals surface area contributed by atoms with E-state index in [1.165, 1.54) is 43.4 Å². The van der Waals surface area contributed by atoms with E-state index < -0.39 is 0 Å². The van der Waals surface area contributed by atoms with Crippen LogP contribution in [0.1, 0.15) is 113 Å². The summed E-state index contributed by atoms with van der Waals surface area (Å²) in [6.45, 7) is 37.8. The summed E-state index contributed by atoms with van der Waals surface area (Å²) >= 11 is 0. The van der Waals surface area contributed by atoms with Gasteiger partial charge in [0.15, 0.2) is 6.71 Å². The maximum Gasteiger partial charge on any atom is 0.248 e. The average molecular weight is 533 g/mol. The van der Waals surface area contributed by atoms with Crippen LogP contribution in [0.5, 0.6) is 0 Å². The number of aryl methyl sites for hydroxylation is 1. The summed E-state index contributed by atoms with van der Waals surface area (Å²) < 4.78 is 0. The average Bonchev–Trinajstić information content (AvgIpc) is 3.24. The Morgan fingerprint density at radius 1 is 0.615 bits per heavy atom. The fraction of sp³-hybridized carbons (Fsp3) is 0.794. The molecular weight excluding hydrogens is 471 g/mol. The largest absolute Gasteiger partial charge is 0.366 e. The molecule has 3 heterocycles. The quantitative estimate of drug-likeness (QED) is 0.387. The van der Waals surface area contributed by atoms with E-state index in [1.54, 1.807) is 0 Å². The number of primary amides is 1. The molecule has 3 saturated heterocycles. The van der Waals surface area contributed by atoms with E-state index in [4.69, 9.17) is 5.73 Å². The zero-order valence-electron chi connectivity index (χ0n) is 28.7. The van der Waals surface area contributed by atoms with Gasteiger partial charge < -0.3 is 5.73 Å². The van der Waals surface area contributed by atoms with Crippen molar-refractivity contribution in [2.24, 2.45) is 38.2 Å². The van der Waals surface area contributed by atoms with Gasteiger partial charge in [-0.25, -0.2) is 0 Å². The molecule has 0 aliphatic carbocycles. The van der Waals surface area contributed by atoms with Gasteiger partial charge in [-0.05, 0) is 51.0 Å². The second-order valence-electron chi connectivity index (χ2n) is 17.2. The first kappa shape index (κ1) is 34.1. The Morgan fingerprint density at radius 2 is 0.923 bits per heavy atom. The van der Waals surface area contributed by atoms with Gasteiger partial charge >= 0.3 is 0 Å². The van der Waals surface area contributed by atoms with Crippen LogP contribution in [-0.2, 0) is 0 Å². The molecule has 0 radical (unpaired) electrons. The van der Waals surface area contributed by atoms with Crippen LogP contribution < -0.4 is 11.2 Å². The first-order valence-electron chi connectivity index (χ1n) is 15.9. The number of rotatable bonds is 3. The standard InChI is InChI=1S/C16H32B2.C16H24BNO.C2H6/c1-13(2)9-17(10-14(13,3)4)18-11-15(5,6)16(7,8)12-18;1-11-8-12(6-7-13(11)14(18)19)17-9-15(2,3)16(4,5)10-17;1-2/h9-12H2,1-8H3;6-8H,9-10H2,1-5H3,(H2,18,19);1-2H3.